The van der Waals surface area contributed by atoms with Gasteiger partial charge in [-0.1, -0.05) is 6.07 Å². The van der Waals surface area contributed by atoms with Gasteiger partial charge in [-0.2, -0.15) is 26.3 Å². The summed E-state index contributed by atoms with van der Waals surface area (Å²) in [6, 6.07) is 5.89. The Hall–Kier alpha value is -2.94. The van der Waals surface area contributed by atoms with Crippen molar-refractivity contribution in [3.8, 4) is 0 Å². The summed E-state index contributed by atoms with van der Waals surface area (Å²) in [6.07, 6.45) is -7.28. The zero-order chi connectivity index (χ0) is 27.7. The molecule has 3 heterocycles. The number of alkyl halides is 6. The number of carboxylic acids is 2. The molecule has 0 aromatic carbocycles. The number of likely N-dealkylation sites (tertiary alicyclic amines) is 2. The van der Waals surface area contributed by atoms with Gasteiger partial charge in [-0.05, 0) is 25.6 Å². The third-order valence-corrected chi connectivity index (χ3v) is 5.59. The Morgan fingerprint density at radius 3 is 2.06 bits per heavy atom. The summed E-state index contributed by atoms with van der Waals surface area (Å²) >= 11 is 0. The van der Waals surface area contributed by atoms with Crippen LogP contribution in [0.2, 0.25) is 0 Å². The first-order chi connectivity index (χ1) is 16.5. The van der Waals surface area contributed by atoms with Crippen molar-refractivity contribution in [2.75, 3.05) is 39.8 Å². The van der Waals surface area contributed by atoms with Gasteiger partial charge in [-0.15, -0.1) is 0 Å². The first-order valence-corrected chi connectivity index (χ1v) is 10.5. The molecule has 0 unspecified atom stereocenters. The lowest BCUT2D eigenvalue weighted by Gasteiger charge is -2.30. The number of nitrogens with zero attached hydrogens (tertiary/aromatic N) is 3. The number of halogens is 6. The second-order valence-corrected chi connectivity index (χ2v) is 8.39. The van der Waals surface area contributed by atoms with Gasteiger partial charge in [0, 0.05) is 50.6 Å². The molecule has 1 spiro atoms. The molecular weight excluding hydrogens is 504 g/mol. The van der Waals surface area contributed by atoms with Gasteiger partial charge in [0.2, 0.25) is 5.91 Å². The summed E-state index contributed by atoms with van der Waals surface area (Å²) in [7, 11) is 2.16. The van der Waals surface area contributed by atoms with E-state index < -0.39 is 24.3 Å². The van der Waals surface area contributed by atoms with E-state index in [1.165, 1.54) is 0 Å². The monoisotopic (exact) mass is 531 g/mol. The van der Waals surface area contributed by atoms with E-state index >= 15 is 0 Å². The fraction of sp³-hybridized carbons (Fsp3) is 0.619. The van der Waals surface area contributed by atoms with E-state index in [1.54, 1.807) is 13.1 Å². The van der Waals surface area contributed by atoms with E-state index in [1.807, 2.05) is 23.1 Å². The maximum atomic E-state index is 11.6. The van der Waals surface area contributed by atoms with Crippen molar-refractivity contribution in [1.82, 2.24) is 14.8 Å². The molecule has 2 atom stereocenters. The number of hydrogen-bond acceptors (Lipinski definition) is 6. The van der Waals surface area contributed by atoms with Crippen LogP contribution in [0.15, 0.2) is 24.4 Å². The van der Waals surface area contributed by atoms with Crippen LogP contribution in [0.4, 0.5) is 26.3 Å². The topological polar surface area (TPSA) is 120 Å². The number of hydrogen-bond donors (Lipinski definition) is 2. The molecule has 2 fully saturated rings. The fourth-order valence-corrected chi connectivity index (χ4v) is 3.95. The summed E-state index contributed by atoms with van der Waals surface area (Å²) < 4.78 is 69.4. The molecule has 3 rings (SSSR count). The van der Waals surface area contributed by atoms with Crippen molar-refractivity contribution in [3.05, 3.63) is 30.1 Å². The van der Waals surface area contributed by atoms with Gasteiger partial charge in [-0.25, -0.2) is 9.59 Å². The zero-order valence-electron chi connectivity index (χ0n) is 19.5. The highest BCUT2D eigenvalue weighted by molar-refractivity contribution is 5.74. The van der Waals surface area contributed by atoms with E-state index in [4.69, 9.17) is 24.5 Å². The normalized spacial score (nSPS) is 21.9. The molecule has 0 radical (unpaired) electrons. The van der Waals surface area contributed by atoms with Crippen LogP contribution < -0.4 is 0 Å². The molecule has 1 aromatic rings. The predicted octanol–water partition coefficient (Wildman–Crippen LogP) is 2.66. The zero-order valence-corrected chi connectivity index (χ0v) is 19.5. The number of amides is 1. The second-order valence-electron chi connectivity index (χ2n) is 8.39. The first-order valence-electron chi connectivity index (χ1n) is 10.5. The number of aromatic nitrogens is 1. The average molecular weight is 531 g/mol. The number of carbonyl (C=O) groups is 3. The standard InChI is InChI=1S/C17H25N3O2.2C2HF3O2/c1-14(21)20-8-6-17(13-20)12-19(2)9-15(17)10-22-11-16-5-3-4-7-18-16;2*3-2(4,5)1(6)7/h3-5,7,15H,6,8-13H2,1-2H3;2*(H,6,7)/t15-,17-;;/m1../s1. The van der Waals surface area contributed by atoms with E-state index in [9.17, 15) is 31.1 Å². The molecule has 0 aliphatic carbocycles. The first kappa shape index (κ1) is 31.1. The van der Waals surface area contributed by atoms with Gasteiger partial charge in [-0.3, -0.25) is 9.78 Å². The number of aliphatic carboxylic acids is 2. The highest BCUT2D eigenvalue weighted by atomic mass is 19.4. The number of pyridine rings is 1. The summed E-state index contributed by atoms with van der Waals surface area (Å²) in [5.74, 6) is -4.83. The minimum absolute atomic E-state index is 0.194. The predicted molar refractivity (Wildman–Crippen MR) is 112 cm³/mol. The molecule has 2 aliphatic heterocycles. The molecule has 204 valence electrons. The van der Waals surface area contributed by atoms with E-state index in [-0.39, 0.29) is 11.3 Å². The molecule has 2 aliphatic rings. The van der Waals surface area contributed by atoms with Crippen molar-refractivity contribution < 1.29 is 55.7 Å². The van der Waals surface area contributed by atoms with Crippen LogP contribution >= 0.6 is 0 Å². The maximum Gasteiger partial charge on any atom is 0.490 e. The molecule has 36 heavy (non-hydrogen) atoms. The Balaban J connectivity index is 0.000000383. The van der Waals surface area contributed by atoms with Crippen molar-refractivity contribution in [2.45, 2.75) is 32.3 Å². The van der Waals surface area contributed by atoms with Gasteiger partial charge in [0.05, 0.1) is 18.9 Å². The van der Waals surface area contributed by atoms with Crippen LogP contribution in [0.25, 0.3) is 0 Å². The lowest BCUT2D eigenvalue weighted by molar-refractivity contribution is -0.193. The van der Waals surface area contributed by atoms with Crippen LogP contribution in [0, 0.1) is 11.3 Å². The molecule has 0 saturated carbocycles. The van der Waals surface area contributed by atoms with Crippen LogP contribution in [0.5, 0.6) is 0 Å². The van der Waals surface area contributed by atoms with E-state index in [0.29, 0.717) is 12.5 Å². The number of carbonyl (C=O) groups excluding carboxylic acids is 1. The highest BCUT2D eigenvalue weighted by Crippen LogP contribution is 2.43. The highest BCUT2D eigenvalue weighted by Gasteiger charge is 2.50. The average Bonchev–Trinajstić information content (AvgIpc) is 3.31. The quantitative estimate of drug-likeness (QED) is 0.570. The smallest absolute Gasteiger partial charge is 0.475 e. The lowest BCUT2D eigenvalue weighted by Crippen LogP contribution is -2.37. The SMILES string of the molecule is CC(=O)N1CC[C@@]2(CN(C)C[C@@H]2COCc2ccccn2)C1.O=C(O)C(F)(F)F.O=C(O)C(F)(F)F. The minimum Gasteiger partial charge on any atom is -0.475 e. The Bertz CT molecular complexity index is 859. The summed E-state index contributed by atoms with van der Waals surface area (Å²) in [4.78, 5) is 38.1. The Kier molecular flexibility index (Phi) is 11.1. The molecule has 1 amide bonds. The lowest BCUT2D eigenvalue weighted by atomic mass is 9.77. The summed E-state index contributed by atoms with van der Waals surface area (Å²) in [6.45, 7) is 6.86. The van der Waals surface area contributed by atoms with Gasteiger partial charge in [0.1, 0.15) is 0 Å². The fourth-order valence-electron chi connectivity index (χ4n) is 3.95. The van der Waals surface area contributed by atoms with Gasteiger partial charge >= 0.3 is 24.3 Å². The van der Waals surface area contributed by atoms with Crippen molar-refractivity contribution in [1.29, 1.82) is 0 Å². The molecular formula is C21H27F6N3O6. The Morgan fingerprint density at radius 2 is 1.64 bits per heavy atom. The molecule has 1 aromatic heterocycles. The second kappa shape index (κ2) is 12.9. The van der Waals surface area contributed by atoms with E-state index in [0.717, 1.165) is 44.9 Å². The largest absolute Gasteiger partial charge is 0.490 e. The Labute approximate surface area is 202 Å². The van der Waals surface area contributed by atoms with Crippen LogP contribution in [0.3, 0.4) is 0 Å². The van der Waals surface area contributed by atoms with Crippen LogP contribution in [-0.4, -0.2) is 95.0 Å². The van der Waals surface area contributed by atoms with Crippen molar-refractivity contribution in [3.63, 3.8) is 0 Å². The molecule has 2 saturated heterocycles. The Morgan fingerprint density at radius 1 is 1.08 bits per heavy atom. The van der Waals surface area contributed by atoms with Gasteiger partial charge < -0.3 is 24.7 Å². The molecule has 2 N–H and O–H groups in total. The number of ether oxygens (including phenoxy) is 1. The van der Waals surface area contributed by atoms with Crippen molar-refractivity contribution >= 4 is 17.8 Å². The maximum absolute atomic E-state index is 11.6. The minimum atomic E-state index is -5.08. The molecule has 15 heteroatoms. The summed E-state index contributed by atoms with van der Waals surface area (Å²) in [5.41, 5.74) is 1.18. The van der Waals surface area contributed by atoms with Crippen LogP contribution in [0.1, 0.15) is 19.0 Å². The third kappa shape index (κ3) is 9.97. The third-order valence-electron chi connectivity index (χ3n) is 5.59. The molecule has 9 nitrogen and oxygen atoms in total. The van der Waals surface area contributed by atoms with Gasteiger partial charge in [0.25, 0.3) is 0 Å². The van der Waals surface area contributed by atoms with E-state index in [2.05, 4.69) is 16.9 Å². The van der Waals surface area contributed by atoms with Crippen LogP contribution in [-0.2, 0) is 25.7 Å². The number of carboxylic acid groups (broad SMARTS) is 2. The summed E-state index contributed by atoms with van der Waals surface area (Å²) in [5, 5.41) is 14.2. The van der Waals surface area contributed by atoms with Gasteiger partial charge in [0.15, 0.2) is 0 Å². The molecule has 0 bridgehead atoms. The number of rotatable bonds is 4. The van der Waals surface area contributed by atoms with Crippen molar-refractivity contribution in [2.24, 2.45) is 11.3 Å².